The molecule has 0 aliphatic heterocycles. The number of carbonyl (C=O) groups is 3. The molecule has 5 aromatic carbocycles. The normalized spacial score (nSPS) is 10.9. The lowest BCUT2D eigenvalue weighted by Gasteiger charge is -2.25. The fourth-order valence-electron chi connectivity index (χ4n) is 6.14. The number of hydrogen-bond donors (Lipinski definition) is 1. The molecule has 1 aromatic heterocycles. The summed E-state index contributed by atoms with van der Waals surface area (Å²) in [5, 5.41) is 3.66. The van der Waals surface area contributed by atoms with Crippen molar-refractivity contribution in [3.63, 3.8) is 0 Å². The molecule has 0 unspecified atom stereocenters. The first-order valence-corrected chi connectivity index (χ1v) is 16.5. The second-order valence-corrected chi connectivity index (χ2v) is 12.0. The number of methoxy groups -OCH3 is 1. The van der Waals surface area contributed by atoms with E-state index in [9.17, 15) is 19.2 Å². The zero-order valence-electron chi connectivity index (χ0n) is 29.0. The van der Waals surface area contributed by atoms with Gasteiger partial charge in [0.05, 0.1) is 36.1 Å². The highest BCUT2D eigenvalue weighted by Gasteiger charge is 2.32. The molecule has 0 atom stereocenters. The summed E-state index contributed by atoms with van der Waals surface area (Å²) in [6.07, 6.45) is 3.55. The van der Waals surface area contributed by atoms with Gasteiger partial charge in [-0.1, -0.05) is 104 Å². The molecule has 6 aromatic rings. The van der Waals surface area contributed by atoms with Crippen molar-refractivity contribution in [1.82, 2.24) is 4.57 Å². The topological polar surface area (TPSA) is 108 Å². The van der Waals surface area contributed by atoms with E-state index in [1.807, 2.05) is 60.7 Å². The number of ketones is 1. The van der Waals surface area contributed by atoms with E-state index in [-0.39, 0.29) is 34.8 Å². The number of aromatic nitrogens is 1. The van der Waals surface area contributed by atoms with Gasteiger partial charge in [0.1, 0.15) is 6.61 Å². The van der Waals surface area contributed by atoms with Gasteiger partial charge in [0, 0.05) is 34.8 Å². The van der Waals surface area contributed by atoms with Crippen molar-refractivity contribution in [3.05, 3.63) is 183 Å². The molecule has 53 heavy (non-hydrogen) atoms. The maximum Gasteiger partial charge on any atom is 0.338 e. The fraction of sp³-hybridized carbons (Fsp3) is 0.0682. The van der Waals surface area contributed by atoms with Gasteiger partial charge in [-0.15, -0.1) is 0 Å². The Labute approximate surface area is 305 Å². The SMILES string of the molecule is C=Cc1ccccc1.[C-]#[N+]c1c2c3c(c(Nc4cc(C(=O)OC)cc(C(=O)OCc5ccc(C=C)cc5)c4)ccc3n(C)c1=O)C(=O)c1ccccc1-2. The molecular weight excluding hydrogens is 666 g/mol. The highest BCUT2D eigenvalue weighted by atomic mass is 16.5. The van der Waals surface area contributed by atoms with Crippen LogP contribution in [0.2, 0.25) is 0 Å². The summed E-state index contributed by atoms with van der Waals surface area (Å²) < 4.78 is 11.8. The Morgan fingerprint density at radius 2 is 1.42 bits per heavy atom. The molecule has 260 valence electrons. The monoisotopic (exact) mass is 699 g/mol. The van der Waals surface area contributed by atoms with Crippen LogP contribution < -0.4 is 10.9 Å². The van der Waals surface area contributed by atoms with E-state index in [4.69, 9.17) is 16.0 Å². The molecule has 0 fully saturated rings. The lowest BCUT2D eigenvalue weighted by atomic mass is 9.82. The zero-order valence-corrected chi connectivity index (χ0v) is 29.0. The lowest BCUT2D eigenvalue weighted by Crippen LogP contribution is -2.21. The number of carbonyl (C=O) groups excluding carboxylic acids is 3. The molecule has 0 amide bonds. The molecule has 1 N–H and O–H groups in total. The number of benzene rings is 5. The second kappa shape index (κ2) is 15.3. The Balaban J connectivity index is 0.000000533. The van der Waals surface area contributed by atoms with Gasteiger partial charge in [-0.2, -0.15) is 0 Å². The molecule has 1 aliphatic rings. The van der Waals surface area contributed by atoms with Crippen LogP contribution in [0.1, 0.15) is 53.3 Å². The van der Waals surface area contributed by atoms with E-state index in [1.165, 1.54) is 35.4 Å². The smallest absolute Gasteiger partial charge is 0.338 e. The summed E-state index contributed by atoms with van der Waals surface area (Å²) in [5.74, 6) is -1.64. The number of nitrogens with one attached hydrogen (secondary N) is 1. The van der Waals surface area contributed by atoms with E-state index >= 15 is 0 Å². The third-order valence-electron chi connectivity index (χ3n) is 8.81. The fourth-order valence-corrected chi connectivity index (χ4v) is 6.14. The summed E-state index contributed by atoms with van der Waals surface area (Å²) >= 11 is 0. The number of ether oxygens (including phenoxy) is 2. The van der Waals surface area contributed by atoms with Crippen LogP contribution in [-0.2, 0) is 23.1 Å². The third kappa shape index (κ3) is 7.02. The highest BCUT2D eigenvalue weighted by molar-refractivity contribution is 6.29. The van der Waals surface area contributed by atoms with Crippen LogP contribution in [-0.4, -0.2) is 29.4 Å². The first-order chi connectivity index (χ1) is 25.7. The first kappa shape index (κ1) is 35.5. The molecular formula is C44H33N3O6. The van der Waals surface area contributed by atoms with Crippen LogP contribution in [0.3, 0.4) is 0 Å². The Bertz CT molecular complexity index is 2540. The molecule has 0 saturated carbocycles. The van der Waals surface area contributed by atoms with Gasteiger partial charge in [-0.25, -0.2) is 14.4 Å². The summed E-state index contributed by atoms with van der Waals surface area (Å²) in [6.45, 7) is 15.2. The third-order valence-corrected chi connectivity index (χ3v) is 8.81. The number of aryl methyl sites for hydroxylation is 1. The average Bonchev–Trinajstić information content (AvgIpc) is 3.20. The van der Waals surface area contributed by atoms with E-state index in [2.05, 4.69) is 23.3 Å². The summed E-state index contributed by atoms with van der Waals surface area (Å²) in [7, 11) is 2.79. The van der Waals surface area contributed by atoms with Crippen LogP contribution in [0.4, 0.5) is 17.1 Å². The summed E-state index contributed by atoms with van der Waals surface area (Å²) in [6, 6.07) is 32.0. The Kier molecular flexibility index (Phi) is 10.2. The maximum atomic E-state index is 14.0. The van der Waals surface area contributed by atoms with Gasteiger partial charge in [-0.05, 0) is 52.6 Å². The van der Waals surface area contributed by atoms with Crippen molar-refractivity contribution in [2.24, 2.45) is 7.05 Å². The van der Waals surface area contributed by atoms with Crippen molar-refractivity contribution in [1.29, 1.82) is 0 Å². The number of hydrogen-bond acceptors (Lipinski definition) is 7. The lowest BCUT2D eigenvalue weighted by molar-refractivity contribution is 0.0472. The number of nitrogens with zero attached hydrogens (tertiary/aromatic N) is 2. The van der Waals surface area contributed by atoms with Gasteiger partial charge in [0.25, 0.3) is 11.2 Å². The number of fused-ring (bicyclic) bond motifs is 2. The Morgan fingerprint density at radius 1 is 0.792 bits per heavy atom. The highest BCUT2D eigenvalue weighted by Crippen LogP contribution is 2.45. The van der Waals surface area contributed by atoms with E-state index < -0.39 is 17.5 Å². The number of anilines is 2. The quantitative estimate of drug-likeness (QED) is 0.125. The van der Waals surface area contributed by atoms with Gasteiger partial charge >= 0.3 is 11.9 Å². The first-order valence-electron chi connectivity index (χ1n) is 16.5. The molecule has 1 aliphatic carbocycles. The minimum absolute atomic E-state index is 0.00901. The molecule has 9 heteroatoms. The van der Waals surface area contributed by atoms with Crippen molar-refractivity contribution in [3.8, 4) is 11.1 Å². The van der Waals surface area contributed by atoms with Gasteiger partial charge in [0.2, 0.25) is 0 Å². The second-order valence-electron chi connectivity index (χ2n) is 12.0. The van der Waals surface area contributed by atoms with Crippen molar-refractivity contribution < 1.29 is 23.9 Å². The molecule has 0 spiro atoms. The molecule has 0 bridgehead atoms. The minimum Gasteiger partial charge on any atom is -0.465 e. The van der Waals surface area contributed by atoms with Crippen LogP contribution in [0.25, 0.3) is 39.0 Å². The van der Waals surface area contributed by atoms with E-state index in [1.54, 1.807) is 49.5 Å². The van der Waals surface area contributed by atoms with Gasteiger partial charge < -0.3 is 19.4 Å². The molecule has 7 rings (SSSR count). The van der Waals surface area contributed by atoms with Gasteiger partial charge in [0.15, 0.2) is 5.78 Å². The predicted molar refractivity (Wildman–Crippen MR) is 208 cm³/mol. The minimum atomic E-state index is -0.670. The number of esters is 2. The summed E-state index contributed by atoms with van der Waals surface area (Å²) in [5.41, 5.74) is 5.20. The average molecular weight is 700 g/mol. The van der Waals surface area contributed by atoms with Crippen LogP contribution in [0, 0.1) is 6.57 Å². The largest absolute Gasteiger partial charge is 0.465 e. The van der Waals surface area contributed by atoms with Crippen molar-refractivity contribution >= 4 is 57.8 Å². The van der Waals surface area contributed by atoms with Crippen LogP contribution in [0.15, 0.2) is 127 Å². The molecule has 0 saturated heterocycles. The molecule has 0 radical (unpaired) electrons. The van der Waals surface area contributed by atoms with Crippen molar-refractivity contribution in [2.75, 3.05) is 12.4 Å². The Morgan fingerprint density at radius 3 is 2.04 bits per heavy atom. The van der Waals surface area contributed by atoms with Crippen molar-refractivity contribution in [2.45, 2.75) is 6.61 Å². The van der Waals surface area contributed by atoms with Crippen LogP contribution in [0.5, 0.6) is 0 Å². The Hall–Kier alpha value is -7.31. The van der Waals surface area contributed by atoms with E-state index in [0.29, 0.717) is 39.0 Å². The zero-order chi connectivity index (χ0) is 37.6. The van der Waals surface area contributed by atoms with Gasteiger partial charge in [-0.3, -0.25) is 9.59 Å². The number of pyridine rings is 1. The molecule has 9 nitrogen and oxygen atoms in total. The standard InChI is InChI=1S/C36H25N3O6.C8H8/c1-5-20-10-12-21(13-11-20)19-45-36(43)23-16-22(35(42)44-4)17-24(18-23)38-27-14-15-28-31-29(32(37-2)34(41)39(28)3)25-8-6-7-9-26(25)33(40)30(27)31;1-2-8-6-4-3-5-7-8/h5-18,38H,1,19H2,3-4H3;2-7H,1H2. The van der Waals surface area contributed by atoms with E-state index in [0.717, 1.165) is 11.1 Å². The summed E-state index contributed by atoms with van der Waals surface area (Å²) in [4.78, 5) is 56.5. The predicted octanol–water partition coefficient (Wildman–Crippen LogP) is 9.16. The molecule has 1 heterocycles. The van der Waals surface area contributed by atoms with Crippen LogP contribution >= 0.6 is 0 Å². The number of rotatable bonds is 8. The maximum absolute atomic E-state index is 14.0.